The van der Waals surface area contributed by atoms with Crippen molar-refractivity contribution < 1.29 is 4.79 Å². The number of aromatic nitrogens is 7. The Morgan fingerprint density at radius 1 is 1.11 bits per heavy atom. The predicted octanol–water partition coefficient (Wildman–Crippen LogP) is 4.59. The van der Waals surface area contributed by atoms with Crippen molar-refractivity contribution in [2.75, 3.05) is 10.6 Å². The van der Waals surface area contributed by atoms with Crippen LogP contribution < -0.4 is 10.6 Å². The van der Waals surface area contributed by atoms with Crippen molar-refractivity contribution >= 4 is 34.7 Å². The number of imidazole rings is 1. The van der Waals surface area contributed by atoms with Gasteiger partial charge < -0.3 is 15.0 Å². The molecule has 38 heavy (non-hydrogen) atoms. The van der Waals surface area contributed by atoms with Crippen LogP contribution in [0.5, 0.6) is 0 Å². The zero-order valence-corrected chi connectivity index (χ0v) is 21.1. The zero-order chi connectivity index (χ0) is 25.6. The lowest BCUT2D eigenvalue weighted by molar-refractivity contribution is -0.117. The van der Waals surface area contributed by atoms with Crippen LogP contribution in [0.25, 0.3) is 11.3 Å². The number of anilines is 2. The monoisotopic (exact) mass is 525 g/mol. The van der Waals surface area contributed by atoms with Gasteiger partial charge in [0, 0.05) is 41.3 Å². The quantitative estimate of drug-likeness (QED) is 0.304. The number of hydrogen-bond donors (Lipinski definition) is 2. The average molecular weight is 526 g/mol. The maximum atomic E-state index is 13.0. The molecule has 0 bridgehead atoms. The normalized spacial score (nSPS) is 18.4. The summed E-state index contributed by atoms with van der Waals surface area (Å²) in [4.78, 5) is 22.1. The number of fused-ring (bicyclic) bond motifs is 1. The smallest absolute Gasteiger partial charge is 0.229 e. The molecule has 0 spiro atoms. The van der Waals surface area contributed by atoms with E-state index in [1.54, 1.807) is 16.9 Å². The van der Waals surface area contributed by atoms with E-state index in [0.717, 1.165) is 34.7 Å². The van der Waals surface area contributed by atoms with Crippen molar-refractivity contribution in [1.82, 2.24) is 34.6 Å². The molecule has 1 aromatic carbocycles. The molecule has 0 aliphatic heterocycles. The Morgan fingerprint density at radius 2 is 2.03 bits per heavy atom. The van der Waals surface area contributed by atoms with Gasteiger partial charge >= 0.3 is 0 Å². The fraction of sp³-hybridized carbons (Fsp3) is 0.259. The fourth-order valence-corrected chi connectivity index (χ4v) is 5.14. The molecule has 5 aromatic rings. The Labute approximate surface area is 223 Å². The molecule has 4 heterocycles. The summed E-state index contributed by atoms with van der Waals surface area (Å²) >= 11 is 6.26. The Hall–Kier alpha value is -4.31. The van der Waals surface area contributed by atoms with Crippen LogP contribution in [0.15, 0.2) is 67.4 Å². The highest BCUT2D eigenvalue weighted by Gasteiger charge is 2.45. The number of benzene rings is 1. The van der Waals surface area contributed by atoms with Crippen molar-refractivity contribution in [3.63, 3.8) is 0 Å². The molecule has 11 heteroatoms. The molecule has 2 unspecified atom stereocenters. The van der Waals surface area contributed by atoms with Crippen LogP contribution in [0.4, 0.5) is 11.5 Å². The first-order chi connectivity index (χ1) is 18.6. The molecule has 2 aliphatic carbocycles. The molecule has 7 rings (SSSR count). The second-order valence-corrected chi connectivity index (χ2v) is 10.3. The van der Waals surface area contributed by atoms with Gasteiger partial charge in [0.15, 0.2) is 0 Å². The highest BCUT2D eigenvalue weighted by atomic mass is 35.5. The molecule has 190 valence electrons. The third-order valence-electron chi connectivity index (χ3n) is 7.17. The van der Waals surface area contributed by atoms with E-state index in [9.17, 15) is 4.79 Å². The standard InChI is InChI=1S/C27H24ClN9O/c28-18-4-5-24(37-15-31-34-35-37)22(9-18)21-11-23(21)27(38)33-25-10-19(7-8-29-25)30-12-20-14-36-13-17(16-1-2-16)3-6-26(36)32-20/h3-10,13-16,21,23H,1-2,11-12H2,(H2,29,30,33,38). The molecule has 10 nitrogen and oxygen atoms in total. The van der Waals surface area contributed by atoms with Crippen LogP contribution in [0.2, 0.25) is 5.02 Å². The van der Waals surface area contributed by atoms with Gasteiger partial charge in [0.1, 0.15) is 17.8 Å². The SMILES string of the molecule is O=C(Nc1cc(NCc2cn3cc(C4CC4)ccc3n2)ccn1)C1CC1c1cc(Cl)ccc1-n1cnnn1. The van der Waals surface area contributed by atoms with Gasteiger partial charge in [-0.25, -0.2) is 14.6 Å². The van der Waals surface area contributed by atoms with E-state index in [-0.39, 0.29) is 17.7 Å². The summed E-state index contributed by atoms with van der Waals surface area (Å²) < 4.78 is 3.68. The Bertz CT molecular complexity index is 1640. The summed E-state index contributed by atoms with van der Waals surface area (Å²) in [6.07, 6.45) is 10.7. The maximum Gasteiger partial charge on any atom is 0.229 e. The molecule has 2 aliphatic rings. The minimum atomic E-state index is -0.180. The van der Waals surface area contributed by atoms with E-state index < -0.39 is 0 Å². The van der Waals surface area contributed by atoms with Gasteiger partial charge in [-0.2, -0.15) is 0 Å². The summed E-state index contributed by atoms with van der Waals surface area (Å²) in [7, 11) is 0. The van der Waals surface area contributed by atoms with Crippen LogP contribution in [-0.2, 0) is 11.3 Å². The molecule has 1 amide bonds. The lowest BCUT2D eigenvalue weighted by atomic mass is 10.1. The highest BCUT2D eigenvalue weighted by Crippen LogP contribution is 2.50. The van der Waals surface area contributed by atoms with Crippen molar-refractivity contribution in [2.24, 2.45) is 5.92 Å². The van der Waals surface area contributed by atoms with Gasteiger partial charge in [-0.1, -0.05) is 17.7 Å². The minimum Gasteiger partial charge on any atom is -0.379 e. The zero-order valence-electron chi connectivity index (χ0n) is 20.3. The van der Waals surface area contributed by atoms with Gasteiger partial charge in [-0.05, 0) is 83.0 Å². The summed E-state index contributed by atoms with van der Waals surface area (Å²) in [6, 6.07) is 13.5. The number of amides is 1. The number of carbonyl (C=O) groups excluding carboxylic acids is 1. The average Bonchev–Trinajstić information content (AvgIpc) is 3.83. The van der Waals surface area contributed by atoms with Crippen LogP contribution in [0, 0.1) is 5.92 Å². The lowest BCUT2D eigenvalue weighted by Crippen LogP contribution is -2.16. The predicted molar refractivity (Wildman–Crippen MR) is 142 cm³/mol. The second-order valence-electron chi connectivity index (χ2n) is 9.91. The molecule has 2 N–H and O–H groups in total. The van der Waals surface area contributed by atoms with Crippen molar-refractivity contribution in [3.8, 4) is 5.69 Å². The first kappa shape index (κ1) is 22.9. The van der Waals surface area contributed by atoms with Crippen LogP contribution in [-0.4, -0.2) is 40.5 Å². The third-order valence-corrected chi connectivity index (χ3v) is 7.40. The van der Waals surface area contributed by atoms with Gasteiger partial charge in [0.2, 0.25) is 5.91 Å². The van der Waals surface area contributed by atoms with E-state index in [1.807, 2.05) is 24.3 Å². The first-order valence-corrected chi connectivity index (χ1v) is 13.0. The molecule has 2 fully saturated rings. The van der Waals surface area contributed by atoms with Crippen molar-refractivity contribution in [1.29, 1.82) is 0 Å². The third kappa shape index (κ3) is 4.58. The molecule has 0 radical (unpaired) electrons. The number of hydrogen-bond acceptors (Lipinski definition) is 7. The summed E-state index contributed by atoms with van der Waals surface area (Å²) in [5.74, 6) is 0.985. The molecular weight excluding hydrogens is 502 g/mol. The van der Waals surface area contributed by atoms with E-state index in [0.29, 0.717) is 23.3 Å². The summed E-state index contributed by atoms with van der Waals surface area (Å²) in [5, 5.41) is 18.4. The number of pyridine rings is 2. The summed E-state index contributed by atoms with van der Waals surface area (Å²) in [5.41, 5.74) is 5.89. The largest absolute Gasteiger partial charge is 0.379 e. The topological polar surface area (TPSA) is 115 Å². The molecule has 0 saturated heterocycles. The number of rotatable bonds is 8. The number of carbonyl (C=O) groups is 1. The summed E-state index contributed by atoms with van der Waals surface area (Å²) in [6.45, 7) is 0.567. The maximum absolute atomic E-state index is 13.0. The second kappa shape index (κ2) is 9.21. The first-order valence-electron chi connectivity index (χ1n) is 12.6. The molecule has 4 aromatic heterocycles. The Kier molecular flexibility index (Phi) is 5.54. The minimum absolute atomic E-state index is 0.0321. The molecule has 2 saturated carbocycles. The number of halogens is 1. The van der Waals surface area contributed by atoms with E-state index in [1.165, 1.54) is 24.7 Å². The highest BCUT2D eigenvalue weighted by molar-refractivity contribution is 6.30. The number of nitrogens with one attached hydrogen (secondary N) is 2. The fourth-order valence-electron chi connectivity index (χ4n) is 4.96. The van der Waals surface area contributed by atoms with Crippen molar-refractivity contribution in [3.05, 3.63) is 89.2 Å². The number of nitrogens with zero attached hydrogens (tertiary/aromatic N) is 7. The van der Waals surface area contributed by atoms with Gasteiger partial charge in [-0.15, -0.1) is 5.10 Å². The molecule has 2 atom stereocenters. The van der Waals surface area contributed by atoms with Crippen LogP contribution >= 0.6 is 11.6 Å². The Morgan fingerprint density at radius 3 is 2.87 bits per heavy atom. The number of tetrazole rings is 1. The Balaban J connectivity index is 1.00. The van der Waals surface area contributed by atoms with Crippen LogP contribution in [0.3, 0.4) is 0 Å². The van der Waals surface area contributed by atoms with Crippen molar-refractivity contribution in [2.45, 2.75) is 37.6 Å². The van der Waals surface area contributed by atoms with E-state index in [4.69, 9.17) is 16.6 Å². The van der Waals surface area contributed by atoms with E-state index >= 15 is 0 Å². The molecular formula is C27H24ClN9O. The van der Waals surface area contributed by atoms with Crippen LogP contribution in [0.1, 0.15) is 47.9 Å². The van der Waals surface area contributed by atoms with Gasteiger partial charge in [0.05, 0.1) is 17.9 Å². The lowest BCUT2D eigenvalue weighted by Gasteiger charge is -2.10. The van der Waals surface area contributed by atoms with E-state index in [2.05, 4.69) is 60.1 Å². The van der Waals surface area contributed by atoms with Gasteiger partial charge in [0.25, 0.3) is 0 Å². The van der Waals surface area contributed by atoms with Gasteiger partial charge in [-0.3, -0.25) is 4.79 Å².